The minimum absolute atomic E-state index is 0.0403. The molecule has 126 valence electrons. The largest absolute Gasteiger partial charge is 0.394 e. The molecule has 24 heavy (non-hydrogen) atoms. The third-order valence-corrected chi connectivity index (χ3v) is 4.58. The average Bonchev–Trinajstić information content (AvgIpc) is 3.07. The number of aliphatic hydroxyl groups excluding tert-OH is 1. The van der Waals surface area contributed by atoms with Gasteiger partial charge in [0, 0.05) is 22.5 Å². The maximum absolute atomic E-state index is 11.9. The molecule has 1 atom stereocenters. The second-order valence-electron chi connectivity index (χ2n) is 5.50. The van der Waals surface area contributed by atoms with E-state index in [-0.39, 0.29) is 18.6 Å². The first kappa shape index (κ1) is 18.0. The lowest BCUT2D eigenvalue weighted by Crippen LogP contribution is -2.37. The molecule has 0 unspecified atom stereocenters. The molecule has 3 N–H and O–H groups in total. The van der Waals surface area contributed by atoms with E-state index in [4.69, 9.17) is 10.4 Å². The first-order valence-corrected chi connectivity index (χ1v) is 8.73. The lowest BCUT2D eigenvalue weighted by molar-refractivity contribution is -0.121. The van der Waals surface area contributed by atoms with E-state index in [0.29, 0.717) is 24.9 Å². The van der Waals surface area contributed by atoms with Crippen LogP contribution in [0.15, 0.2) is 35.7 Å². The molecule has 1 amide bonds. The van der Waals surface area contributed by atoms with Gasteiger partial charge in [-0.05, 0) is 30.2 Å². The van der Waals surface area contributed by atoms with Gasteiger partial charge in [0.1, 0.15) is 6.07 Å². The Bertz CT molecular complexity index is 700. The van der Waals surface area contributed by atoms with Crippen molar-refractivity contribution in [3.8, 4) is 6.07 Å². The number of nitrogens with one attached hydrogen (secondary N) is 2. The predicted molar refractivity (Wildman–Crippen MR) is 95.8 cm³/mol. The summed E-state index contributed by atoms with van der Waals surface area (Å²) in [6.07, 6.45) is 1.01. The Morgan fingerprint density at radius 1 is 1.38 bits per heavy atom. The van der Waals surface area contributed by atoms with Crippen LogP contribution in [-0.4, -0.2) is 23.7 Å². The molecule has 2 rings (SSSR count). The van der Waals surface area contributed by atoms with Crippen molar-refractivity contribution in [2.75, 3.05) is 11.9 Å². The lowest BCUT2D eigenvalue weighted by atomic mass is 10.1. The number of carbonyl (C=O) groups is 1. The van der Waals surface area contributed by atoms with Crippen LogP contribution in [-0.2, 0) is 17.8 Å². The molecular weight excluding hydrogens is 322 g/mol. The monoisotopic (exact) mass is 343 g/mol. The third kappa shape index (κ3) is 5.37. The van der Waals surface area contributed by atoms with Crippen LogP contribution in [0.3, 0.4) is 0 Å². The van der Waals surface area contributed by atoms with Gasteiger partial charge in [-0.2, -0.15) is 5.26 Å². The molecule has 0 aliphatic carbocycles. The van der Waals surface area contributed by atoms with Crippen LogP contribution in [0.5, 0.6) is 0 Å². The number of nitriles is 1. The van der Waals surface area contributed by atoms with Crippen molar-refractivity contribution in [2.24, 2.45) is 0 Å². The van der Waals surface area contributed by atoms with Crippen LogP contribution < -0.4 is 10.6 Å². The summed E-state index contributed by atoms with van der Waals surface area (Å²) in [5.41, 5.74) is 2.58. The van der Waals surface area contributed by atoms with Crippen LogP contribution in [0.4, 0.5) is 5.69 Å². The Kier molecular flexibility index (Phi) is 6.79. The summed E-state index contributed by atoms with van der Waals surface area (Å²) >= 11 is 1.56. The van der Waals surface area contributed by atoms with Gasteiger partial charge >= 0.3 is 0 Å². The number of thiophene rings is 1. The number of amides is 1. The predicted octanol–water partition coefficient (Wildman–Crippen LogP) is 2.66. The fourth-order valence-electron chi connectivity index (χ4n) is 2.20. The van der Waals surface area contributed by atoms with E-state index in [9.17, 15) is 4.79 Å². The molecule has 6 heteroatoms. The molecule has 0 bridgehead atoms. The summed E-state index contributed by atoms with van der Waals surface area (Å²) in [5.74, 6) is -0.0840. The number of hydrogen-bond donors (Lipinski definition) is 3. The topological polar surface area (TPSA) is 85.2 Å². The van der Waals surface area contributed by atoms with Crippen molar-refractivity contribution in [3.05, 3.63) is 51.7 Å². The molecule has 1 heterocycles. The minimum atomic E-state index is -0.178. The highest BCUT2D eigenvalue weighted by Crippen LogP contribution is 2.17. The van der Waals surface area contributed by atoms with Gasteiger partial charge in [0.15, 0.2) is 0 Å². The molecule has 2 aromatic rings. The van der Waals surface area contributed by atoms with E-state index >= 15 is 0 Å². The molecule has 5 nitrogen and oxygen atoms in total. The van der Waals surface area contributed by atoms with Crippen LogP contribution >= 0.6 is 11.3 Å². The SMILES string of the molecule is CC[C@@H](CO)NC(=O)Cc1ccc(NCc2cc(C#N)cs2)cc1. The number of benzene rings is 1. The normalized spacial score (nSPS) is 11.5. The van der Waals surface area contributed by atoms with Crippen molar-refractivity contribution in [2.45, 2.75) is 32.4 Å². The number of nitrogens with zero attached hydrogens (tertiary/aromatic N) is 1. The summed E-state index contributed by atoms with van der Waals surface area (Å²) in [4.78, 5) is 13.0. The molecule has 0 saturated carbocycles. The van der Waals surface area contributed by atoms with Gasteiger partial charge in [0.05, 0.1) is 24.6 Å². The summed E-state index contributed by atoms with van der Waals surface area (Å²) < 4.78 is 0. The zero-order valence-electron chi connectivity index (χ0n) is 13.6. The van der Waals surface area contributed by atoms with E-state index in [1.54, 1.807) is 11.3 Å². The van der Waals surface area contributed by atoms with Crippen LogP contribution in [0.2, 0.25) is 0 Å². The summed E-state index contributed by atoms with van der Waals surface area (Å²) in [7, 11) is 0. The van der Waals surface area contributed by atoms with Crippen LogP contribution in [0.1, 0.15) is 29.3 Å². The van der Waals surface area contributed by atoms with Gasteiger partial charge < -0.3 is 15.7 Å². The second kappa shape index (κ2) is 9.06. The molecule has 0 spiro atoms. The van der Waals surface area contributed by atoms with Crippen LogP contribution in [0.25, 0.3) is 0 Å². The maximum Gasteiger partial charge on any atom is 0.224 e. The lowest BCUT2D eigenvalue weighted by Gasteiger charge is -2.14. The van der Waals surface area contributed by atoms with Crippen molar-refractivity contribution in [1.29, 1.82) is 5.26 Å². The molecule has 0 radical (unpaired) electrons. The van der Waals surface area contributed by atoms with Gasteiger partial charge in [-0.25, -0.2) is 0 Å². The Hall–Kier alpha value is -2.36. The molecule has 1 aromatic heterocycles. The van der Waals surface area contributed by atoms with Gasteiger partial charge in [0.2, 0.25) is 5.91 Å². The zero-order valence-corrected chi connectivity index (χ0v) is 14.4. The number of aliphatic hydroxyl groups is 1. The zero-order chi connectivity index (χ0) is 17.4. The second-order valence-corrected chi connectivity index (χ2v) is 6.49. The maximum atomic E-state index is 11.9. The molecule has 0 saturated heterocycles. The number of carbonyl (C=O) groups excluding carboxylic acids is 1. The van der Waals surface area contributed by atoms with Gasteiger partial charge in [-0.3, -0.25) is 4.79 Å². The van der Waals surface area contributed by atoms with E-state index in [1.807, 2.05) is 42.6 Å². The first-order valence-electron chi connectivity index (χ1n) is 7.85. The number of anilines is 1. The van der Waals surface area contributed by atoms with Gasteiger partial charge in [0.25, 0.3) is 0 Å². The van der Waals surface area contributed by atoms with Crippen molar-refractivity contribution in [1.82, 2.24) is 5.32 Å². The Labute approximate surface area is 145 Å². The van der Waals surface area contributed by atoms with E-state index in [1.165, 1.54) is 0 Å². The van der Waals surface area contributed by atoms with Crippen molar-refractivity contribution >= 4 is 22.9 Å². The molecule has 0 fully saturated rings. The summed E-state index contributed by atoms with van der Waals surface area (Å²) in [6.45, 7) is 2.55. The van der Waals surface area contributed by atoms with Crippen molar-refractivity contribution < 1.29 is 9.90 Å². The van der Waals surface area contributed by atoms with E-state index in [2.05, 4.69) is 16.7 Å². The standard InChI is InChI=1S/C18H21N3O2S/c1-2-15(11-22)21-18(23)8-13-3-5-16(6-4-13)20-10-17-7-14(9-19)12-24-17/h3-7,12,15,20,22H,2,8,10-11H2,1H3,(H,21,23)/t15-/m0/s1. The van der Waals surface area contributed by atoms with Gasteiger partial charge in [-0.1, -0.05) is 19.1 Å². The Morgan fingerprint density at radius 3 is 2.71 bits per heavy atom. The Morgan fingerprint density at radius 2 is 2.12 bits per heavy atom. The number of hydrogen-bond acceptors (Lipinski definition) is 5. The molecule has 0 aliphatic rings. The number of rotatable bonds is 8. The van der Waals surface area contributed by atoms with E-state index in [0.717, 1.165) is 16.1 Å². The summed E-state index contributed by atoms with van der Waals surface area (Å²) in [6, 6.07) is 11.5. The van der Waals surface area contributed by atoms with E-state index < -0.39 is 0 Å². The highest BCUT2D eigenvalue weighted by Gasteiger charge is 2.09. The minimum Gasteiger partial charge on any atom is -0.394 e. The fourth-order valence-corrected chi connectivity index (χ4v) is 2.95. The smallest absolute Gasteiger partial charge is 0.224 e. The average molecular weight is 343 g/mol. The van der Waals surface area contributed by atoms with Gasteiger partial charge in [-0.15, -0.1) is 11.3 Å². The fraction of sp³-hybridized carbons (Fsp3) is 0.333. The molecule has 0 aliphatic heterocycles. The van der Waals surface area contributed by atoms with Crippen LogP contribution in [0, 0.1) is 11.3 Å². The summed E-state index contributed by atoms with van der Waals surface area (Å²) in [5, 5.41) is 25.9. The first-order chi connectivity index (χ1) is 11.6. The molecule has 1 aromatic carbocycles. The highest BCUT2D eigenvalue weighted by molar-refractivity contribution is 7.10. The Balaban J connectivity index is 1.84. The third-order valence-electron chi connectivity index (χ3n) is 3.65. The van der Waals surface area contributed by atoms with Crippen molar-refractivity contribution in [3.63, 3.8) is 0 Å². The molecular formula is C18H21N3O2S. The highest BCUT2D eigenvalue weighted by atomic mass is 32.1. The quantitative estimate of drug-likeness (QED) is 0.688.